The molecule has 0 aliphatic carbocycles. The van der Waals surface area contributed by atoms with Crippen molar-refractivity contribution < 1.29 is 9.90 Å². The number of nitrogens with one attached hydrogen (secondary N) is 1. The number of pyridine rings is 1. The Balaban J connectivity index is 1.54. The highest BCUT2D eigenvalue weighted by Gasteiger charge is 2.40. The fraction of sp³-hybridized carbons (Fsp3) is 0.333. The lowest BCUT2D eigenvalue weighted by atomic mass is 9.82. The van der Waals surface area contributed by atoms with Crippen molar-refractivity contribution in [2.75, 3.05) is 13.1 Å². The van der Waals surface area contributed by atoms with Crippen LogP contribution in [0.5, 0.6) is 0 Å². The normalized spacial score (nSPS) is 23.1. The maximum absolute atomic E-state index is 12.2. The number of hydrogen-bond acceptors (Lipinski definition) is 3. The summed E-state index contributed by atoms with van der Waals surface area (Å²) >= 11 is 0. The number of fused-ring (bicyclic) bond motifs is 5. The van der Waals surface area contributed by atoms with Gasteiger partial charge in [0.05, 0.1) is 0 Å². The first-order chi connectivity index (χ1) is 13.1. The molecule has 2 N–H and O–H groups in total. The van der Waals surface area contributed by atoms with E-state index in [9.17, 15) is 14.7 Å². The van der Waals surface area contributed by atoms with Gasteiger partial charge in [-0.1, -0.05) is 24.3 Å². The van der Waals surface area contributed by atoms with Crippen LogP contribution in [0.1, 0.15) is 29.6 Å². The quantitative estimate of drug-likeness (QED) is 0.750. The Labute approximate surface area is 156 Å². The van der Waals surface area contributed by atoms with Crippen LogP contribution in [0.3, 0.4) is 0 Å². The van der Waals surface area contributed by atoms with Crippen LogP contribution in [0.25, 0.3) is 10.9 Å². The number of nitrogens with zero attached hydrogens (tertiary/aromatic N) is 2. The Bertz CT molecular complexity index is 1080. The molecule has 6 nitrogen and oxygen atoms in total. The lowest BCUT2D eigenvalue weighted by Crippen LogP contribution is -2.49. The van der Waals surface area contributed by atoms with Gasteiger partial charge in [0.1, 0.15) is 6.04 Å². The van der Waals surface area contributed by atoms with E-state index in [4.69, 9.17) is 0 Å². The highest BCUT2D eigenvalue weighted by molar-refractivity contribution is 5.89. The molecule has 2 aliphatic heterocycles. The third-order valence-electron chi connectivity index (χ3n) is 6.02. The van der Waals surface area contributed by atoms with Gasteiger partial charge in [-0.15, -0.1) is 0 Å². The van der Waals surface area contributed by atoms with E-state index in [1.54, 1.807) is 6.07 Å². The van der Waals surface area contributed by atoms with Gasteiger partial charge in [0, 0.05) is 60.0 Å². The van der Waals surface area contributed by atoms with E-state index in [2.05, 4.69) is 9.88 Å². The molecule has 3 atom stereocenters. The Morgan fingerprint density at radius 3 is 2.81 bits per heavy atom. The van der Waals surface area contributed by atoms with Crippen LogP contribution >= 0.6 is 0 Å². The number of carbonyl (C=O) groups is 1. The minimum Gasteiger partial charge on any atom is -0.480 e. The van der Waals surface area contributed by atoms with E-state index in [0.717, 1.165) is 28.6 Å². The maximum Gasteiger partial charge on any atom is 0.325 e. The molecule has 27 heavy (non-hydrogen) atoms. The first-order valence-corrected chi connectivity index (χ1v) is 9.34. The first-order valence-electron chi connectivity index (χ1n) is 9.34. The number of piperidine rings is 1. The molecule has 1 aromatic carbocycles. The number of para-hydroxylation sites is 1. The Hall–Kier alpha value is -2.86. The van der Waals surface area contributed by atoms with Gasteiger partial charge in [0.2, 0.25) is 0 Å². The summed E-state index contributed by atoms with van der Waals surface area (Å²) < 4.78 is 1.87. The van der Waals surface area contributed by atoms with E-state index in [1.165, 1.54) is 0 Å². The van der Waals surface area contributed by atoms with Gasteiger partial charge in [-0.2, -0.15) is 0 Å². The van der Waals surface area contributed by atoms with Crippen LogP contribution in [0.15, 0.2) is 53.5 Å². The summed E-state index contributed by atoms with van der Waals surface area (Å²) in [5, 5.41) is 11.0. The smallest absolute Gasteiger partial charge is 0.325 e. The number of benzene rings is 1. The predicted molar refractivity (Wildman–Crippen MR) is 102 cm³/mol. The standard InChI is InChI=1S/C21H21N3O3/c25-19-7-3-6-18-14-8-13(11-24(18)19)10-23(12-14)20(21(26)27)16-9-22-17-5-2-1-4-15(16)17/h1-7,9,13-14,20,22H,8,10-12H2,(H,26,27)/t13-,14-,20-/m1/s1. The van der Waals surface area contributed by atoms with Gasteiger partial charge < -0.3 is 14.7 Å². The van der Waals surface area contributed by atoms with E-state index in [-0.39, 0.29) is 11.5 Å². The van der Waals surface area contributed by atoms with Crippen molar-refractivity contribution in [2.24, 2.45) is 5.92 Å². The molecule has 2 aromatic heterocycles. The molecule has 0 amide bonds. The van der Waals surface area contributed by atoms with E-state index < -0.39 is 12.0 Å². The van der Waals surface area contributed by atoms with Crippen LogP contribution in [-0.2, 0) is 11.3 Å². The third kappa shape index (κ3) is 2.59. The number of likely N-dealkylation sites (tertiary alicyclic amines) is 1. The average Bonchev–Trinajstić information content (AvgIpc) is 3.06. The molecule has 0 saturated carbocycles. The number of carboxylic acid groups (broad SMARTS) is 1. The number of aromatic nitrogens is 2. The Kier molecular flexibility index (Phi) is 3.68. The summed E-state index contributed by atoms with van der Waals surface area (Å²) in [6.07, 6.45) is 2.84. The summed E-state index contributed by atoms with van der Waals surface area (Å²) in [5.74, 6) is -0.341. The maximum atomic E-state index is 12.2. The molecule has 0 radical (unpaired) electrons. The monoisotopic (exact) mass is 363 g/mol. The second kappa shape index (κ2) is 6.09. The highest BCUT2D eigenvalue weighted by atomic mass is 16.4. The van der Waals surface area contributed by atoms with Crippen molar-refractivity contribution in [2.45, 2.75) is 24.9 Å². The molecule has 2 aliphatic rings. The minimum absolute atomic E-state index is 0.0436. The van der Waals surface area contributed by atoms with E-state index >= 15 is 0 Å². The molecular weight excluding hydrogens is 342 g/mol. The lowest BCUT2D eigenvalue weighted by Gasteiger charge is -2.44. The van der Waals surface area contributed by atoms with Gasteiger partial charge in [-0.05, 0) is 24.5 Å². The molecule has 3 aromatic rings. The Morgan fingerprint density at radius 1 is 1.11 bits per heavy atom. The van der Waals surface area contributed by atoms with E-state index in [0.29, 0.717) is 25.6 Å². The molecule has 2 bridgehead atoms. The SMILES string of the molecule is O=C(O)[C@@H](c1c[nH]c2ccccc12)N1C[C@H]2C[C@H](C1)c1cccc(=O)n1C2. The molecule has 6 heteroatoms. The molecule has 4 heterocycles. The molecular formula is C21H21N3O3. The number of aromatic amines is 1. The van der Waals surface area contributed by atoms with Crippen molar-refractivity contribution in [1.82, 2.24) is 14.5 Å². The van der Waals surface area contributed by atoms with Crippen molar-refractivity contribution in [1.29, 1.82) is 0 Å². The first kappa shape index (κ1) is 16.3. The fourth-order valence-corrected chi connectivity index (χ4v) is 4.95. The summed E-state index contributed by atoms with van der Waals surface area (Å²) in [6, 6.07) is 12.5. The molecule has 0 spiro atoms. The number of hydrogen-bond donors (Lipinski definition) is 2. The molecule has 138 valence electrons. The summed E-state index contributed by atoms with van der Waals surface area (Å²) in [4.78, 5) is 29.7. The second-order valence-corrected chi connectivity index (χ2v) is 7.68. The van der Waals surface area contributed by atoms with Crippen molar-refractivity contribution in [3.05, 3.63) is 70.3 Å². The fourth-order valence-electron chi connectivity index (χ4n) is 4.95. The number of aliphatic carboxylic acids is 1. The molecule has 0 unspecified atom stereocenters. The number of H-pyrrole nitrogens is 1. The van der Waals surface area contributed by atoms with Crippen LogP contribution in [0.4, 0.5) is 0 Å². The largest absolute Gasteiger partial charge is 0.480 e. The zero-order valence-corrected chi connectivity index (χ0v) is 14.8. The zero-order valence-electron chi connectivity index (χ0n) is 14.8. The van der Waals surface area contributed by atoms with E-state index in [1.807, 2.05) is 47.2 Å². The summed E-state index contributed by atoms with van der Waals surface area (Å²) in [6.45, 7) is 2.01. The van der Waals surface area contributed by atoms with Gasteiger partial charge in [0.25, 0.3) is 5.56 Å². The van der Waals surface area contributed by atoms with Crippen LogP contribution in [0, 0.1) is 5.92 Å². The van der Waals surface area contributed by atoms with Gasteiger partial charge in [-0.25, -0.2) is 0 Å². The highest BCUT2D eigenvalue weighted by Crippen LogP contribution is 2.39. The Morgan fingerprint density at radius 2 is 1.96 bits per heavy atom. The van der Waals surface area contributed by atoms with Crippen LogP contribution < -0.4 is 5.56 Å². The predicted octanol–water partition coefficient (Wildman–Crippen LogP) is 2.57. The van der Waals surface area contributed by atoms with Gasteiger partial charge in [0.15, 0.2) is 0 Å². The molecule has 1 fully saturated rings. The van der Waals surface area contributed by atoms with Crippen LogP contribution in [0.2, 0.25) is 0 Å². The number of rotatable bonds is 3. The second-order valence-electron chi connectivity index (χ2n) is 7.68. The van der Waals surface area contributed by atoms with Gasteiger partial charge >= 0.3 is 5.97 Å². The van der Waals surface area contributed by atoms with Crippen LogP contribution in [-0.4, -0.2) is 38.6 Å². The lowest BCUT2D eigenvalue weighted by molar-refractivity contribution is -0.144. The van der Waals surface area contributed by atoms with Gasteiger partial charge in [-0.3, -0.25) is 14.5 Å². The van der Waals surface area contributed by atoms with Crippen molar-refractivity contribution >= 4 is 16.9 Å². The number of carboxylic acids is 1. The average molecular weight is 363 g/mol. The third-order valence-corrected chi connectivity index (χ3v) is 6.02. The minimum atomic E-state index is -0.829. The zero-order chi connectivity index (χ0) is 18.5. The van der Waals surface area contributed by atoms with Crippen molar-refractivity contribution in [3.63, 3.8) is 0 Å². The van der Waals surface area contributed by atoms with Crippen molar-refractivity contribution in [3.8, 4) is 0 Å². The summed E-state index contributed by atoms with van der Waals surface area (Å²) in [7, 11) is 0. The summed E-state index contributed by atoms with van der Waals surface area (Å²) in [5.41, 5.74) is 2.84. The molecule has 1 saturated heterocycles. The topological polar surface area (TPSA) is 78.3 Å². The molecule has 5 rings (SSSR count).